The molecule has 0 radical (unpaired) electrons. The molecule has 1 aliphatic heterocycles. The van der Waals surface area contributed by atoms with Crippen molar-refractivity contribution in [3.05, 3.63) is 29.6 Å². The van der Waals surface area contributed by atoms with E-state index in [4.69, 9.17) is 5.73 Å². The van der Waals surface area contributed by atoms with Gasteiger partial charge in [0.1, 0.15) is 5.69 Å². The van der Waals surface area contributed by atoms with Crippen LogP contribution in [0.5, 0.6) is 0 Å². The Balaban J connectivity index is 1.85. The van der Waals surface area contributed by atoms with E-state index >= 15 is 0 Å². The molecule has 0 unspecified atom stereocenters. The first-order chi connectivity index (χ1) is 9.72. The molecule has 5 nitrogen and oxygen atoms in total. The van der Waals surface area contributed by atoms with Crippen molar-refractivity contribution in [2.24, 2.45) is 5.73 Å². The number of nitrogens with two attached hydrogens (primary N) is 1. The Labute approximate surface area is 120 Å². The van der Waals surface area contributed by atoms with E-state index in [1.54, 1.807) is 6.20 Å². The fourth-order valence-corrected chi connectivity index (χ4v) is 2.51. The summed E-state index contributed by atoms with van der Waals surface area (Å²) in [7, 11) is 0. The summed E-state index contributed by atoms with van der Waals surface area (Å²) in [6.45, 7) is 7.25. The predicted octanol–water partition coefficient (Wildman–Crippen LogP) is 0.887. The molecule has 2 N–H and O–H groups in total. The van der Waals surface area contributed by atoms with Crippen molar-refractivity contribution < 1.29 is 4.79 Å². The molecule has 0 aromatic carbocycles. The van der Waals surface area contributed by atoms with Crippen LogP contribution in [0.25, 0.3) is 0 Å². The second-order valence-corrected chi connectivity index (χ2v) is 5.30. The van der Waals surface area contributed by atoms with Gasteiger partial charge in [0, 0.05) is 32.4 Å². The van der Waals surface area contributed by atoms with E-state index in [0.717, 1.165) is 57.7 Å². The van der Waals surface area contributed by atoms with E-state index in [9.17, 15) is 4.79 Å². The summed E-state index contributed by atoms with van der Waals surface area (Å²) < 4.78 is 0. The Morgan fingerprint density at radius 3 is 2.70 bits per heavy atom. The second kappa shape index (κ2) is 7.36. The number of pyridine rings is 1. The largest absolute Gasteiger partial charge is 0.335 e. The number of hydrogen-bond acceptors (Lipinski definition) is 4. The van der Waals surface area contributed by atoms with Crippen molar-refractivity contribution in [2.45, 2.75) is 19.8 Å². The van der Waals surface area contributed by atoms with Crippen molar-refractivity contribution in [3.63, 3.8) is 0 Å². The smallest absolute Gasteiger partial charge is 0.272 e. The maximum atomic E-state index is 12.4. The lowest BCUT2D eigenvalue weighted by Gasteiger charge is -2.34. The molecule has 1 aromatic heterocycles. The van der Waals surface area contributed by atoms with Crippen molar-refractivity contribution in [3.8, 4) is 0 Å². The highest BCUT2D eigenvalue weighted by molar-refractivity contribution is 5.93. The summed E-state index contributed by atoms with van der Waals surface area (Å²) in [6.07, 6.45) is 3.90. The molecule has 0 saturated carbocycles. The SMILES string of the molecule is Cc1cccnc1C(=O)N1CCN(CCCCN)CC1. The lowest BCUT2D eigenvalue weighted by Crippen LogP contribution is -2.49. The van der Waals surface area contributed by atoms with Gasteiger partial charge in [-0.3, -0.25) is 14.7 Å². The molecule has 5 heteroatoms. The van der Waals surface area contributed by atoms with E-state index in [1.165, 1.54) is 0 Å². The van der Waals surface area contributed by atoms with Gasteiger partial charge in [0.25, 0.3) is 5.91 Å². The number of piperazine rings is 1. The maximum Gasteiger partial charge on any atom is 0.272 e. The Morgan fingerprint density at radius 1 is 1.30 bits per heavy atom. The Kier molecular flexibility index (Phi) is 5.49. The number of hydrogen-bond donors (Lipinski definition) is 1. The number of carbonyl (C=O) groups is 1. The van der Waals surface area contributed by atoms with Crippen LogP contribution in [0.2, 0.25) is 0 Å². The molecule has 2 heterocycles. The van der Waals surface area contributed by atoms with E-state index in [0.29, 0.717) is 5.69 Å². The summed E-state index contributed by atoms with van der Waals surface area (Å²) in [5, 5.41) is 0. The Hall–Kier alpha value is -1.46. The summed E-state index contributed by atoms with van der Waals surface area (Å²) in [4.78, 5) is 20.9. The number of rotatable bonds is 5. The van der Waals surface area contributed by atoms with Crippen LogP contribution in [0.15, 0.2) is 18.3 Å². The average molecular weight is 276 g/mol. The van der Waals surface area contributed by atoms with E-state index in [2.05, 4.69) is 9.88 Å². The average Bonchev–Trinajstić information content (AvgIpc) is 2.48. The third-order valence-electron chi connectivity index (χ3n) is 3.80. The minimum absolute atomic E-state index is 0.0599. The summed E-state index contributed by atoms with van der Waals surface area (Å²) >= 11 is 0. The zero-order valence-electron chi connectivity index (χ0n) is 12.2. The molecule has 1 fully saturated rings. The third kappa shape index (κ3) is 3.77. The normalized spacial score (nSPS) is 16.4. The lowest BCUT2D eigenvalue weighted by molar-refractivity contribution is 0.0629. The predicted molar refractivity (Wildman–Crippen MR) is 79.6 cm³/mol. The molecule has 110 valence electrons. The molecule has 0 aliphatic carbocycles. The summed E-state index contributed by atoms with van der Waals surface area (Å²) in [5.41, 5.74) is 7.04. The molecule has 0 spiro atoms. The molecule has 0 atom stereocenters. The molecule has 1 amide bonds. The van der Waals surface area contributed by atoms with Crippen LogP contribution in [0, 0.1) is 6.92 Å². The highest BCUT2D eigenvalue weighted by Crippen LogP contribution is 2.10. The first-order valence-corrected chi connectivity index (χ1v) is 7.35. The van der Waals surface area contributed by atoms with E-state index in [-0.39, 0.29) is 5.91 Å². The van der Waals surface area contributed by atoms with Gasteiger partial charge in [-0.05, 0) is 44.5 Å². The minimum atomic E-state index is 0.0599. The fourth-order valence-electron chi connectivity index (χ4n) is 2.51. The second-order valence-electron chi connectivity index (χ2n) is 5.30. The van der Waals surface area contributed by atoms with Crippen LogP contribution in [-0.4, -0.2) is 60.0 Å². The van der Waals surface area contributed by atoms with Gasteiger partial charge in [-0.1, -0.05) is 6.07 Å². The summed E-state index contributed by atoms with van der Waals surface area (Å²) in [5.74, 6) is 0.0599. The highest BCUT2D eigenvalue weighted by Gasteiger charge is 2.23. The van der Waals surface area contributed by atoms with Crippen LogP contribution >= 0.6 is 0 Å². The number of unbranched alkanes of at least 4 members (excludes halogenated alkanes) is 1. The van der Waals surface area contributed by atoms with Gasteiger partial charge in [-0.15, -0.1) is 0 Å². The molecule has 20 heavy (non-hydrogen) atoms. The molecule has 1 saturated heterocycles. The van der Waals surface area contributed by atoms with Crippen LogP contribution in [0.3, 0.4) is 0 Å². The van der Waals surface area contributed by atoms with Gasteiger partial charge in [0.05, 0.1) is 0 Å². The van der Waals surface area contributed by atoms with E-state index < -0.39 is 0 Å². The maximum absolute atomic E-state index is 12.4. The molecule has 0 bridgehead atoms. The van der Waals surface area contributed by atoms with Crippen LogP contribution in [0.4, 0.5) is 0 Å². The highest BCUT2D eigenvalue weighted by atomic mass is 16.2. The zero-order chi connectivity index (χ0) is 14.4. The fraction of sp³-hybridized carbons (Fsp3) is 0.600. The molecule has 2 rings (SSSR count). The molecule has 1 aliphatic rings. The third-order valence-corrected chi connectivity index (χ3v) is 3.80. The number of amides is 1. The number of carbonyl (C=O) groups excluding carboxylic acids is 1. The van der Waals surface area contributed by atoms with Crippen molar-refractivity contribution in [2.75, 3.05) is 39.3 Å². The molecular weight excluding hydrogens is 252 g/mol. The number of aromatic nitrogens is 1. The molecular formula is C15H24N4O. The van der Waals surface area contributed by atoms with Gasteiger partial charge in [0.15, 0.2) is 0 Å². The first-order valence-electron chi connectivity index (χ1n) is 7.35. The Bertz CT molecular complexity index is 441. The van der Waals surface area contributed by atoms with Crippen LogP contribution < -0.4 is 5.73 Å². The summed E-state index contributed by atoms with van der Waals surface area (Å²) in [6, 6.07) is 3.80. The van der Waals surface area contributed by atoms with Crippen LogP contribution in [-0.2, 0) is 0 Å². The number of nitrogens with zero attached hydrogens (tertiary/aromatic N) is 3. The van der Waals surface area contributed by atoms with Crippen molar-refractivity contribution in [1.29, 1.82) is 0 Å². The standard InChI is InChI=1S/C15H24N4O/c1-13-5-4-7-17-14(13)15(20)19-11-9-18(10-12-19)8-3-2-6-16/h4-5,7H,2-3,6,8-12,16H2,1H3. The van der Waals surface area contributed by atoms with Gasteiger partial charge in [-0.25, -0.2) is 0 Å². The van der Waals surface area contributed by atoms with Gasteiger partial charge >= 0.3 is 0 Å². The Morgan fingerprint density at radius 2 is 2.05 bits per heavy atom. The topological polar surface area (TPSA) is 62.5 Å². The van der Waals surface area contributed by atoms with Crippen molar-refractivity contribution >= 4 is 5.91 Å². The molecule has 1 aromatic rings. The van der Waals surface area contributed by atoms with Crippen molar-refractivity contribution in [1.82, 2.24) is 14.8 Å². The first kappa shape index (κ1) is 14.9. The van der Waals surface area contributed by atoms with E-state index in [1.807, 2.05) is 24.0 Å². The number of aryl methyl sites for hydroxylation is 1. The van der Waals surface area contributed by atoms with Gasteiger partial charge in [-0.2, -0.15) is 0 Å². The van der Waals surface area contributed by atoms with Gasteiger partial charge in [0.2, 0.25) is 0 Å². The van der Waals surface area contributed by atoms with Gasteiger partial charge < -0.3 is 10.6 Å². The van der Waals surface area contributed by atoms with Crippen LogP contribution in [0.1, 0.15) is 28.9 Å². The quantitative estimate of drug-likeness (QED) is 0.811. The zero-order valence-corrected chi connectivity index (χ0v) is 12.2. The minimum Gasteiger partial charge on any atom is -0.335 e. The monoisotopic (exact) mass is 276 g/mol. The lowest BCUT2D eigenvalue weighted by atomic mass is 10.2.